The van der Waals surface area contributed by atoms with Gasteiger partial charge in [0.2, 0.25) is 5.91 Å². The molecule has 2 N–H and O–H groups in total. The van der Waals surface area contributed by atoms with E-state index in [2.05, 4.69) is 10.6 Å². The Bertz CT molecular complexity index is 848. The number of rotatable bonds is 9. The monoisotopic (exact) mass is 384 g/mol. The minimum absolute atomic E-state index is 0.0826. The Morgan fingerprint density at radius 3 is 2.57 bits per heavy atom. The number of carbonyl (C=O) groups excluding carboxylic acids is 2. The Morgan fingerprint density at radius 1 is 1.04 bits per heavy atom. The van der Waals surface area contributed by atoms with Crippen LogP contribution in [-0.2, 0) is 9.59 Å². The van der Waals surface area contributed by atoms with Gasteiger partial charge in [-0.3, -0.25) is 9.59 Å². The summed E-state index contributed by atoms with van der Waals surface area (Å²) in [6, 6.07) is 12.2. The van der Waals surface area contributed by atoms with Gasteiger partial charge in [0.15, 0.2) is 6.61 Å². The number of hydrogen-bond donors (Lipinski definition) is 2. The highest BCUT2D eigenvalue weighted by Gasteiger charge is 2.05. The molecular weight excluding hydrogens is 360 g/mol. The summed E-state index contributed by atoms with van der Waals surface area (Å²) in [5.41, 5.74) is 1.27. The number of methoxy groups -OCH3 is 2. The molecule has 0 atom stereocenters. The Kier molecular flexibility index (Phi) is 7.90. The van der Waals surface area contributed by atoms with Crippen LogP contribution in [0.5, 0.6) is 17.2 Å². The summed E-state index contributed by atoms with van der Waals surface area (Å²) in [5, 5.41) is 5.40. The highest BCUT2D eigenvalue weighted by molar-refractivity contribution is 6.02. The van der Waals surface area contributed by atoms with Crippen molar-refractivity contribution in [2.24, 2.45) is 0 Å². The predicted molar refractivity (Wildman–Crippen MR) is 108 cm³/mol. The minimum atomic E-state index is -0.314. The van der Waals surface area contributed by atoms with Gasteiger partial charge in [-0.2, -0.15) is 0 Å². The average Bonchev–Trinajstić information content (AvgIpc) is 2.71. The summed E-state index contributed by atoms with van der Waals surface area (Å²) >= 11 is 0. The summed E-state index contributed by atoms with van der Waals surface area (Å²) in [6.45, 7) is 2.30. The molecule has 0 aromatic heterocycles. The molecule has 0 unspecified atom stereocenters. The third kappa shape index (κ3) is 6.35. The number of anilines is 1. The maximum absolute atomic E-state index is 12.2. The van der Waals surface area contributed by atoms with Crippen molar-refractivity contribution < 1.29 is 23.8 Å². The van der Waals surface area contributed by atoms with Crippen LogP contribution < -0.4 is 24.8 Å². The fraction of sp³-hybridized carbons (Fsp3) is 0.238. The van der Waals surface area contributed by atoms with E-state index < -0.39 is 0 Å². The topological polar surface area (TPSA) is 85.9 Å². The van der Waals surface area contributed by atoms with Crippen molar-refractivity contribution in [3.05, 3.63) is 54.1 Å². The molecule has 0 saturated heterocycles. The third-order valence-electron chi connectivity index (χ3n) is 3.70. The van der Waals surface area contributed by atoms with Crippen LogP contribution in [0.15, 0.2) is 48.5 Å². The van der Waals surface area contributed by atoms with Crippen molar-refractivity contribution in [3.8, 4) is 17.2 Å². The Labute approximate surface area is 164 Å². The summed E-state index contributed by atoms with van der Waals surface area (Å²) in [7, 11) is 3.13. The molecule has 2 amide bonds. The van der Waals surface area contributed by atoms with Gasteiger partial charge >= 0.3 is 0 Å². The van der Waals surface area contributed by atoms with E-state index in [0.717, 1.165) is 5.56 Å². The molecule has 0 fully saturated rings. The van der Waals surface area contributed by atoms with Crippen molar-refractivity contribution in [1.29, 1.82) is 0 Å². The third-order valence-corrected chi connectivity index (χ3v) is 3.70. The van der Waals surface area contributed by atoms with Crippen molar-refractivity contribution in [1.82, 2.24) is 5.32 Å². The van der Waals surface area contributed by atoms with Crippen LogP contribution in [0, 0.1) is 0 Å². The van der Waals surface area contributed by atoms with Crippen LogP contribution in [0.4, 0.5) is 5.69 Å². The number of nitrogens with one attached hydrogen (secondary N) is 2. The quantitative estimate of drug-likeness (QED) is 0.650. The van der Waals surface area contributed by atoms with E-state index in [9.17, 15) is 9.59 Å². The number of benzene rings is 2. The highest BCUT2D eigenvalue weighted by atomic mass is 16.5. The Morgan fingerprint density at radius 2 is 1.86 bits per heavy atom. The Balaban J connectivity index is 2.00. The summed E-state index contributed by atoms with van der Waals surface area (Å²) < 4.78 is 15.9. The zero-order valence-corrected chi connectivity index (χ0v) is 16.2. The van der Waals surface area contributed by atoms with E-state index in [0.29, 0.717) is 29.5 Å². The summed E-state index contributed by atoms with van der Waals surface area (Å²) in [5.74, 6) is 1.27. The lowest BCUT2D eigenvalue weighted by atomic mass is 10.1. The molecule has 2 aromatic rings. The van der Waals surface area contributed by atoms with E-state index in [1.807, 2.05) is 6.92 Å². The molecular formula is C21H24N2O5. The average molecular weight is 384 g/mol. The van der Waals surface area contributed by atoms with E-state index in [1.165, 1.54) is 6.08 Å². The first kappa shape index (κ1) is 20.8. The molecule has 0 spiro atoms. The minimum Gasteiger partial charge on any atom is -0.497 e. The van der Waals surface area contributed by atoms with Crippen LogP contribution in [-0.4, -0.2) is 39.2 Å². The van der Waals surface area contributed by atoms with Crippen molar-refractivity contribution in [2.75, 3.05) is 32.7 Å². The van der Waals surface area contributed by atoms with Gasteiger partial charge in [0, 0.05) is 29.9 Å². The molecule has 0 radical (unpaired) electrons. The number of likely N-dealkylation sites (N-methyl/N-ethyl adjacent to an activating group) is 1. The largest absolute Gasteiger partial charge is 0.497 e. The first-order valence-corrected chi connectivity index (χ1v) is 8.76. The maximum atomic E-state index is 12.2. The molecule has 0 aliphatic carbocycles. The van der Waals surface area contributed by atoms with Crippen molar-refractivity contribution in [2.45, 2.75) is 6.92 Å². The smallest absolute Gasteiger partial charge is 0.257 e. The second-order valence-corrected chi connectivity index (χ2v) is 5.70. The lowest BCUT2D eigenvalue weighted by Gasteiger charge is -2.09. The molecule has 2 rings (SSSR count). The molecule has 0 saturated carbocycles. The lowest BCUT2D eigenvalue weighted by molar-refractivity contribution is -0.123. The molecule has 0 heterocycles. The fourth-order valence-corrected chi connectivity index (χ4v) is 2.38. The van der Waals surface area contributed by atoms with Crippen LogP contribution in [0.3, 0.4) is 0 Å². The van der Waals surface area contributed by atoms with Gasteiger partial charge in [-0.05, 0) is 43.3 Å². The van der Waals surface area contributed by atoms with Gasteiger partial charge in [-0.1, -0.05) is 6.07 Å². The standard InChI is InChI=1S/C21H24N2O5/c1-4-22-21(25)14-28-18-7-5-6-16(13-18)23-20(24)11-8-15-12-17(26-2)9-10-19(15)27-3/h5-13H,4,14H2,1-3H3,(H,22,25)(H,23,24)/b11-8+. The van der Waals surface area contributed by atoms with E-state index in [1.54, 1.807) is 62.8 Å². The van der Waals surface area contributed by atoms with Crippen LogP contribution in [0.2, 0.25) is 0 Å². The fourth-order valence-electron chi connectivity index (χ4n) is 2.38. The van der Waals surface area contributed by atoms with Crippen LogP contribution in [0.25, 0.3) is 6.08 Å². The van der Waals surface area contributed by atoms with Gasteiger partial charge in [0.1, 0.15) is 17.2 Å². The van der Waals surface area contributed by atoms with Crippen LogP contribution in [0.1, 0.15) is 12.5 Å². The zero-order chi connectivity index (χ0) is 20.4. The van der Waals surface area contributed by atoms with E-state index in [4.69, 9.17) is 14.2 Å². The SMILES string of the molecule is CCNC(=O)COc1cccc(NC(=O)/C=C/c2cc(OC)ccc2OC)c1. The molecule has 7 heteroatoms. The second kappa shape index (κ2) is 10.6. The molecule has 7 nitrogen and oxygen atoms in total. The van der Waals surface area contributed by atoms with Crippen molar-refractivity contribution >= 4 is 23.6 Å². The summed E-state index contributed by atoms with van der Waals surface area (Å²) in [4.78, 5) is 23.7. The zero-order valence-electron chi connectivity index (χ0n) is 16.2. The van der Waals surface area contributed by atoms with Crippen molar-refractivity contribution in [3.63, 3.8) is 0 Å². The molecule has 28 heavy (non-hydrogen) atoms. The Hall–Kier alpha value is -3.48. The molecule has 2 aromatic carbocycles. The normalized spacial score (nSPS) is 10.4. The predicted octanol–water partition coefficient (Wildman–Crippen LogP) is 2.87. The van der Waals surface area contributed by atoms with E-state index in [-0.39, 0.29) is 18.4 Å². The molecule has 148 valence electrons. The second-order valence-electron chi connectivity index (χ2n) is 5.70. The van der Waals surface area contributed by atoms with Gasteiger partial charge < -0.3 is 24.8 Å². The number of amides is 2. The number of carbonyl (C=O) groups is 2. The molecule has 0 bridgehead atoms. The first-order valence-electron chi connectivity index (χ1n) is 8.76. The van der Waals surface area contributed by atoms with E-state index >= 15 is 0 Å². The maximum Gasteiger partial charge on any atom is 0.257 e. The van der Waals surface area contributed by atoms with Gasteiger partial charge in [0.05, 0.1) is 14.2 Å². The lowest BCUT2D eigenvalue weighted by Crippen LogP contribution is -2.28. The summed E-state index contributed by atoms with van der Waals surface area (Å²) in [6.07, 6.45) is 3.05. The number of hydrogen-bond acceptors (Lipinski definition) is 5. The first-order chi connectivity index (χ1) is 13.5. The van der Waals surface area contributed by atoms with Gasteiger partial charge in [-0.15, -0.1) is 0 Å². The van der Waals surface area contributed by atoms with Gasteiger partial charge in [0.25, 0.3) is 5.91 Å². The highest BCUT2D eigenvalue weighted by Crippen LogP contribution is 2.25. The number of ether oxygens (including phenoxy) is 3. The van der Waals surface area contributed by atoms with Gasteiger partial charge in [-0.25, -0.2) is 0 Å². The molecule has 0 aliphatic heterocycles. The molecule has 0 aliphatic rings. The van der Waals surface area contributed by atoms with Crippen LogP contribution >= 0.6 is 0 Å².